The lowest BCUT2D eigenvalue weighted by molar-refractivity contribution is -0.138. The minimum atomic E-state index is -4.61. The van der Waals surface area contributed by atoms with Crippen LogP contribution in [0.15, 0.2) is 97.1 Å². The zero-order valence-electron chi connectivity index (χ0n) is 29.3. The molecule has 14 heteroatoms. The maximum atomic E-state index is 13.5. The first-order valence-corrected chi connectivity index (χ1v) is 19.8. The highest BCUT2D eigenvalue weighted by atomic mass is 31.1. The molecule has 56 heavy (non-hydrogen) atoms. The van der Waals surface area contributed by atoms with E-state index in [1.165, 1.54) is 48.5 Å². The number of rotatable bonds is 9. The summed E-state index contributed by atoms with van der Waals surface area (Å²) in [5.74, 6) is 2.96. The highest BCUT2D eigenvalue weighted by Gasteiger charge is 2.49. The number of hydrogen-bond acceptors (Lipinski definition) is 0. The SMILES string of the molecule is C[C@@H]([C]1[CH][CH][CH][C]1[C]1[CH][CH][CH][C]1[C@H](C)P(c1ccc(C(F)(F)F)cc1)c1ccc(C(F)(F)F)cc1)P(c1ccc(C(F)(F)F)cc1)c1ccc(C(F)(F)F)cc1. The van der Waals surface area contributed by atoms with Crippen molar-refractivity contribution in [3.05, 3.63) is 182 Å². The lowest BCUT2D eigenvalue weighted by Gasteiger charge is -2.39. The van der Waals surface area contributed by atoms with Gasteiger partial charge < -0.3 is 0 Å². The molecule has 4 aromatic rings. The van der Waals surface area contributed by atoms with Gasteiger partial charge >= 0.3 is 24.7 Å². The Morgan fingerprint density at radius 3 is 0.750 bits per heavy atom. The molecule has 0 aromatic heterocycles. The molecule has 0 unspecified atom stereocenters. The molecule has 0 aliphatic heterocycles. The quantitative estimate of drug-likeness (QED) is 0.117. The van der Waals surface area contributed by atoms with Gasteiger partial charge in [-0.2, -0.15) is 52.7 Å². The summed E-state index contributed by atoms with van der Waals surface area (Å²) >= 11 is 0. The molecule has 292 valence electrons. The Balaban J connectivity index is 1.34. The Labute approximate surface area is 320 Å². The molecular weight excluding hydrogens is 794 g/mol. The van der Waals surface area contributed by atoms with Crippen molar-refractivity contribution in [2.45, 2.75) is 49.9 Å². The number of benzene rings is 4. The molecule has 6 rings (SSSR count). The van der Waals surface area contributed by atoms with Crippen molar-refractivity contribution < 1.29 is 52.7 Å². The van der Waals surface area contributed by atoms with Crippen molar-refractivity contribution in [2.24, 2.45) is 0 Å². The fourth-order valence-corrected chi connectivity index (χ4v) is 12.1. The molecule has 10 radical (unpaired) electrons. The van der Waals surface area contributed by atoms with Crippen LogP contribution in [-0.2, 0) is 24.7 Å². The van der Waals surface area contributed by atoms with Crippen molar-refractivity contribution in [2.75, 3.05) is 0 Å². The predicted molar refractivity (Wildman–Crippen MR) is 196 cm³/mol. The van der Waals surface area contributed by atoms with Crippen LogP contribution in [0.2, 0.25) is 0 Å². The van der Waals surface area contributed by atoms with Gasteiger partial charge in [0.1, 0.15) is 0 Å². The Kier molecular flexibility index (Phi) is 12.4. The summed E-state index contributed by atoms with van der Waals surface area (Å²) in [7, 11) is -3.20. The van der Waals surface area contributed by atoms with E-state index in [0.29, 0.717) is 21.2 Å². The molecule has 0 heterocycles. The average Bonchev–Trinajstić information content (AvgIpc) is 3.82. The Morgan fingerprint density at radius 1 is 0.339 bits per heavy atom. The van der Waals surface area contributed by atoms with Crippen molar-refractivity contribution in [1.82, 2.24) is 0 Å². The van der Waals surface area contributed by atoms with Gasteiger partial charge in [0, 0.05) is 0 Å². The zero-order chi connectivity index (χ0) is 40.8. The molecule has 2 atom stereocenters. The second-order valence-electron chi connectivity index (χ2n) is 13.1. The number of alkyl halides is 12. The second kappa shape index (κ2) is 16.3. The molecule has 0 bridgehead atoms. The van der Waals surface area contributed by atoms with Gasteiger partial charge in [-0.3, -0.25) is 0 Å². The molecule has 0 saturated heterocycles. The fourth-order valence-electron chi connectivity index (χ4n) is 6.80. The van der Waals surface area contributed by atoms with Gasteiger partial charge in [-0.1, -0.05) is 62.4 Å². The summed E-state index contributed by atoms with van der Waals surface area (Å²) in [6.45, 7) is 3.70. The summed E-state index contributed by atoms with van der Waals surface area (Å²) in [5, 5.41) is 1.99. The predicted octanol–water partition coefficient (Wildman–Crippen LogP) is 11.7. The highest BCUT2D eigenvalue weighted by molar-refractivity contribution is 7.74. The molecule has 2 fully saturated rings. The molecular formula is C42H30F12P2. The molecule has 2 saturated carbocycles. The summed E-state index contributed by atoms with van der Waals surface area (Å²) in [5.41, 5.74) is -4.41. The van der Waals surface area contributed by atoms with E-state index in [2.05, 4.69) is 0 Å². The topological polar surface area (TPSA) is 0 Å². The van der Waals surface area contributed by atoms with E-state index < -0.39 is 74.1 Å². The monoisotopic (exact) mass is 824 g/mol. The van der Waals surface area contributed by atoms with Gasteiger partial charge in [-0.05, 0) is 159 Å². The van der Waals surface area contributed by atoms with Crippen molar-refractivity contribution in [3.63, 3.8) is 0 Å². The van der Waals surface area contributed by atoms with Crippen LogP contribution in [0.5, 0.6) is 0 Å². The van der Waals surface area contributed by atoms with Crippen LogP contribution in [0, 0.1) is 62.2 Å². The zero-order valence-corrected chi connectivity index (χ0v) is 31.1. The van der Waals surface area contributed by atoms with Gasteiger partial charge in [0.25, 0.3) is 0 Å². The van der Waals surface area contributed by atoms with Crippen LogP contribution in [0.4, 0.5) is 52.7 Å². The largest absolute Gasteiger partial charge is 0.416 e. The van der Waals surface area contributed by atoms with Gasteiger partial charge in [0.05, 0.1) is 22.3 Å². The van der Waals surface area contributed by atoms with Gasteiger partial charge in [-0.15, -0.1) is 0 Å². The number of hydrogen-bond donors (Lipinski definition) is 0. The van der Waals surface area contributed by atoms with Gasteiger partial charge in [-0.25, -0.2) is 0 Å². The molecule has 2 aliphatic rings. The molecule has 2 aliphatic carbocycles. The first-order chi connectivity index (χ1) is 26.1. The summed E-state index contributed by atoms with van der Waals surface area (Å²) in [6.07, 6.45) is -7.52. The lowest BCUT2D eigenvalue weighted by Crippen LogP contribution is -2.32. The molecule has 0 amide bonds. The third-order valence-electron chi connectivity index (χ3n) is 9.56. The first kappa shape index (κ1) is 42.5. The van der Waals surface area contributed by atoms with E-state index in [1.54, 1.807) is 12.8 Å². The molecule has 4 aromatic carbocycles. The standard InChI is InChI=1S/C42H30F12P2/c1-25(55(31-17-9-27(10-18-31)39(43,44)45)32-19-11-28(12-20-32)40(46,47)48)35-5-3-7-37(35)38-8-4-6-36(38)26(2)56(33-21-13-29(14-22-33)41(49,50)51)34-23-15-30(16-24-34)42(52,53)54/h3-26H,1-2H3/t25-,26-/m0/s1. The average molecular weight is 825 g/mol. The van der Waals surface area contributed by atoms with Crippen molar-refractivity contribution >= 4 is 37.1 Å². The van der Waals surface area contributed by atoms with Crippen LogP contribution in [0.1, 0.15) is 36.1 Å². The van der Waals surface area contributed by atoms with Gasteiger partial charge in [0.2, 0.25) is 0 Å². The van der Waals surface area contributed by atoms with Crippen LogP contribution >= 0.6 is 15.8 Å². The van der Waals surface area contributed by atoms with E-state index in [9.17, 15) is 52.7 Å². The molecule has 0 N–H and O–H groups in total. The third-order valence-corrected chi connectivity index (χ3v) is 15.1. The van der Waals surface area contributed by atoms with E-state index >= 15 is 0 Å². The maximum Gasteiger partial charge on any atom is 0.416 e. The van der Waals surface area contributed by atoms with Crippen LogP contribution in [0.25, 0.3) is 0 Å². The first-order valence-electron chi connectivity index (χ1n) is 16.9. The Hall–Kier alpha value is -3.10. The van der Waals surface area contributed by atoms with E-state index in [-0.39, 0.29) is 0 Å². The van der Waals surface area contributed by atoms with Crippen molar-refractivity contribution in [3.8, 4) is 0 Å². The summed E-state index contributed by atoms with van der Waals surface area (Å²) in [4.78, 5) is 0. The number of halogens is 12. The van der Waals surface area contributed by atoms with Crippen LogP contribution < -0.4 is 21.2 Å². The minimum absolute atomic E-state index is 0.451. The third kappa shape index (κ3) is 9.27. The fraction of sp³-hybridized carbons (Fsp3) is 0.190. The Morgan fingerprint density at radius 2 is 0.554 bits per heavy atom. The van der Waals surface area contributed by atoms with Gasteiger partial charge in [0.15, 0.2) is 0 Å². The van der Waals surface area contributed by atoms with E-state index in [1.807, 2.05) is 39.5 Å². The minimum Gasteiger partial charge on any atom is -0.166 e. The van der Waals surface area contributed by atoms with Crippen LogP contribution in [0.3, 0.4) is 0 Å². The maximum absolute atomic E-state index is 13.5. The Bertz CT molecular complexity index is 1640. The highest BCUT2D eigenvalue weighted by Crippen LogP contribution is 2.60. The van der Waals surface area contributed by atoms with Crippen molar-refractivity contribution in [1.29, 1.82) is 0 Å². The summed E-state index contributed by atoms with van der Waals surface area (Å²) < 4.78 is 162. The molecule has 0 nitrogen and oxygen atoms in total. The smallest absolute Gasteiger partial charge is 0.166 e. The van der Waals surface area contributed by atoms with Crippen LogP contribution in [-0.4, -0.2) is 11.3 Å². The second-order valence-corrected chi connectivity index (χ2v) is 18.2. The van der Waals surface area contributed by atoms with E-state index in [0.717, 1.165) is 72.2 Å². The molecule has 0 spiro atoms. The lowest BCUT2D eigenvalue weighted by atomic mass is 9.76. The summed E-state index contributed by atoms with van der Waals surface area (Å²) in [6, 6.07) is 18.2. The van der Waals surface area contributed by atoms with E-state index in [4.69, 9.17) is 0 Å². The normalized spacial score (nSPS) is 18.4.